The van der Waals surface area contributed by atoms with E-state index < -0.39 is 5.97 Å². The van der Waals surface area contributed by atoms with Crippen LogP contribution in [0.4, 0.5) is 0 Å². The van der Waals surface area contributed by atoms with Crippen molar-refractivity contribution in [2.75, 3.05) is 0 Å². The fourth-order valence-electron chi connectivity index (χ4n) is 3.62. The molecule has 0 spiro atoms. The molecule has 1 N–H and O–H groups in total. The summed E-state index contributed by atoms with van der Waals surface area (Å²) >= 11 is 0. The van der Waals surface area contributed by atoms with Gasteiger partial charge in [-0.1, -0.05) is 50.3 Å². The molecule has 0 bridgehead atoms. The topological polar surface area (TPSA) is 64.3 Å². The maximum atomic E-state index is 11.1. The fraction of sp³-hybridized carbons (Fsp3) is 0.360. The van der Waals surface area contributed by atoms with Crippen molar-refractivity contribution in [1.82, 2.24) is 9.78 Å². The number of allylic oxidation sites excluding steroid dienone is 2. The van der Waals surface area contributed by atoms with E-state index in [4.69, 9.17) is 14.9 Å². The Morgan fingerprint density at radius 3 is 2.57 bits per heavy atom. The Labute approximate surface area is 178 Å². The summed E-state index contributed by atoms with van der Waals surface area (Å²) in [6.07, 6.45) is 3.88. The molecule has 0 saturated carbocycles. The Morgan fingerprint density at radius 1 is 1.20 bits per heavy atom. The van der Waals surface area contributed by atoms with Gasteiger partial charge in [-0.3, -0.25) is 9.48 Å². The molecule has 0 unspecified atom stereocenters. The average Bonchev–Trinajstić information content (AvgIpc) is 3.00. The zero-order valence-corrected chi connectivity index (χ0v) is 18.1. The van der Waals surface area contributed by atoms with Gasteiger partial charge in [-0.05, 0) is 49.1 Å². The molecule has 0 radical (unpaired) electrons. The van der Waals surface area contributed by atoms with Gasteiger partial charge in [0, 0.05) is 23.5 Å². The van der Waals surface area contributed by atoms with Crippen molar-refractivity contribution in [3.05, 3.63) is 71.4 Å². The van der Waals surface area contributed by atoms with E-state index in [0.717, 1.165) is 28.9 Å². The minimum absolute atomic E-state index is 0.0768. The normalized spacial score (nSPS) is 12.7. The maximum absolute atomic E-state index is 11.1. The molecule has 3 rings (SSSR count). The molecule has 0 saturated heterocycles. The molecule has 2 aromatic carbocycles. The Kier molecular flexibility index (Phi) is 6.93. The van der Waals surface area contributed by atoms with Crippen LogP contribution in [0, 0.1) is 12.8 Å². The minimum atomic E-state index is -0.806. The van der Waals surface area contributed by atoms with Crippen LogP contribution in [-0.4, -0.2) is 20.9 Å². The Bertz CT molecular complexity index is 1030. The van der Waals surface area contributed by atoms with Crippen molar-refractivity contribution in [2.24, 2.45) is 5.92 Å². The molecule has 30 heavy (non-hydrogen) atoms. The van der Waals surface area contributed by atoms with Crippen molar-refractivity contribution in [2.45, 2.75) is 53.2 Å². The van der Waals surface area contributed by atoms with Gasteiger partial charge in [0.25, 0.3) is 0 Å². The maximum Gasteiger partial charge on any atom is 0.304 e. The van der Waals surface area contributed by atoms with Crippen LogP contribution in [0.2, 0.25) is 0 Å². The summed E-state index contributed by atoms with van der Waals surface area (Å²) in [4.78, 5) is 11.1. The highest BCUT2D eigenvalue weighted by molar-refractivity contribution is 5.82. The van der Waals surface area contributed by atoms with Crippen LogP contribution in [0.1, 0.15) is 49.9 Å². The number of aromatic nitrogens is 2. The molecule has 0 aliphatic carbocycles. The molecule has 158 valence electrons. The molecular formula is C25H30N2O3. The predicted molar refractivity (Wildman–Crippen MR) is 120 cm³/mol. The number of aryl methyl sites for hydroxylation is 1. The van der Waals surface area contributed by atoms with Crippen molar-refractivity contribution in [3.63, 3.8) is 0 Å². The van der Waals surface area contributed by atoms with Gasteiger partial charge >= 0.3 is 5.97 Å². The van der Waals surface area contributed by atoms with Gasteiger partial charge in [0.05, 0.1) is 11.9 Å². The van der Waals surface area contributed by atoms with Crippen LogP contribution < -0.4 is 4.74 Å². The summed E-state index contributed by atoms with van der Waals surface area (Å²) in [6, 6.07) is 13.9. The van der Waals surface area contributed by atoms with E-state index in [1.807, 2.05) is 43.3 Å². The van der Waals surface area contributed by atoms with Crippen molar-refractivity contribution in [1.29, 1.82) is 0 Å². The predicted octanol–water partition coefficient (Wildman–Crippen LogP) is 5.71. The molecule has 0 aliphatic rings. The number of hydrogen-bond donors (Lipinski definition) is 1. The largest absolute Gasteiger partial charge is 0.489 e. The number of rotatable bonds is 9. The first-order valence-electron chi connectivity index (χ1n) is 10.4. The number of carbonyl (C=O) groups is 1. The molecule has 0 amide bonds. The Balaban J connectivity index is 1.69. The van der Waals surface area contributed by atoms with E-state index in [1.165, 1.54) is 11.1 Å². The van der Waals surface area contributed by atoms with Crippen molar-refractivity contribution < 1.29 is 14.6 Å². The van der Waals surface area contributed by atoms with Gasteiger partial charge in [0.15, 0.2) is 0 Å². The van der Waals surface area contributed by atoms with E-state index in [-0.39, 0.29) is 12.3 Å². The first kappa shape index (κ1) is 21.6. The van der Waals surface area contributed by atoms with E-state index in [1.54, 1.807) is 0 Å². The lowest BCUT2D eigenvalue weighted by Gasteiger charge is -2.12. The minimum Gasteiger partial charge on any atom is -0.489 e. The first-order valence-corrected chi connectivity index (χ1v) is 10.4. The number of nitrogens with zero attached hydrogens (tertiary/aromatic N) is 2. The highest BCUT2D eigenvalue weighted by Crippen LogP contribution is 2.25. The molecule has 1 atom stereocenters. The van der Waals surface area contributed by atoms with Gasteiger partial charge in [0.1, 0.15) is 12.4 Å². The smallest absolute Gasteiger partial charge is 0.304 e. The van der Waals surface area contributed by atoms with E-state index in [0.29, 0.717) is 12.5 Å². The van der Waals surface area contributed by atoms with Crippen molar-refractivity contribution in [3.8, 4) is 5.75 Å². The quantitative estimate of drug-likeness (QED) is 0.462. The van der Waals surface area contributed by atoms with E-state index in [2.05, 4.69) is 43.7 Å². The van der Waals surface area contributed by atoms with Crippen LogP contribution >= 0.6 is 0 Å². The summed E-state index contributed by atoms with van der Waals surface area (Å²) in [5.41, 5.74) is 4.22. The second-order valence-electron chi connectivity index (χ2n) is 8.10. The van der Waals surface area contributed by atoms with Crippen molar-refractivity contribution >= 4 is 16.9 Å². The summed E-state index contributed by atoms with van der Waals surface area (Å²) in [7, 11) is 0. The van der Waals surface area contributed by atoms with Crippen LogP contribution in [0.5, 0.6) is 5.75 Å². The van der Waals surface area contributed by atoms with Crippen LogP contribution in [0.25, 0.3) is 10.9 Å². The van der Waals surface area contributed by atoms with Crippen LogP contribution in [0.15, 0.2) is 54.6 Å². The number of fused-ring (bicyclic) bond motifs is 1. The van der Waals surface area contributed by atoms with Gasteiger partial charge < -0.3 is 9.84 Å². The average molecular weight is 407 g/mol. The Hall–Kier alpha value is -3.08. The summed E-state index contributed by atoms with van der Waals surface area (Å²) < 4.78 is 8.03. The van der Waals surface area contributed by atoms with Gasteiger partial charge in [0.2, 0.25) is 0 Å². The summed E-state index contributed by atoms with van der Waals surface area (Å²) in [6.45, 7) is 9.77. The highest BCUT2D eigenvalue weighted by atomic mass is 16.5. The molecule has 5 heteroatoms. The van der Waals surface area contributed by atoms with Gasteiger partial charge in [-0.15, -0.1) is 0 Å². The number of ether oxygens (including phenoxy) is 1. The molecule has 0 fully saturated rings. The second-order valence-corrected chi connectivity index (χ2v) is 8.10. The summed E-state index contributed by atoms with van der Waals surface area (Å²) in [5.74, 6) is 0.370. The Morgan fingerprint density at radius 2 is 1.93 bits per heavy atom. The molecule has 5 nitrogen and oxygen atoms in total. The lowest BCUT2D eigenvalue weighted by atomic mass is 9.95. The number of benzene rings is 2. The molecule has 0 aliphatic heterocycles. The third kappa shape index (κ3) is 5.29. The third-order valence-corrected chi connectivity index (χ3v) is 5.14. The molecule has 1 heterocycles. The molecule has 3 aromatic rings. The van der Waals surface area contributed by atoms with E-state index >= 15 is 0 Å². The molecule has 1 aromatic heterocycles. The SMILES string of the molecule is CC=C[C@H](CC(=O)O)c1ccc(OCc2ccc3c(C)n(CC(C)C)nc3c2)cc1. The summed E-state index contributed by atoms with van der Waals surface area (Å²) in [5, 5.41) is 15.0. The standard InChI is InChI=1S/C25H30N2O3/c1-5-6-21(14-25(28)29)20-8-10-22(11-9-20)30-16-19-7-12-23-18(4)27(15-17(2)3)26-24(23)13-19/h5-13,17,21H,14-16H2,1-4H3,(H,28,29)/t21-/m1/s1. The number of aliphatic carboxylic acids is 1. The fourth-order valence-corrected chi connectivity index (χ4v) is 3.62. The zero-order chi connectivity index (χ0) is 21.7. The third-order valence-electron chi connectivity index (χ3n) is 5.14. The second kappa shape index (κ2) is 9.61. The molecular weight excluding hydrogens is 376 g/mol. The van der Waals surface area contributed by atoms with Crippen LogP contribution in [-0.2, 0) is 17.9 Å². The lowest BCUT2D eigenvalue weighted by molar-refractivity contribution is -0.137. The van der Waals surface area contributed by atoms with Gasteiger partial charge in [-0.25, -0.2) is 0 Å². The monoisotopic (exact) mass is 406 g/mol. The number of carboxylic acid groups (broad SMARTS) is 1. The van der Waals surface area contributed by atoms with Crippen LogP contribution in [0.3, 0.4) is 0 Å². The highest BCUT2D eigenvalue weighted by Gasteiger charge is 2.13. The number of hydrogen-bond acceptors (Lipinski definition) is 3. The lowest BCUT2D eigenvalue weighted by Crippen LogP contribution is -2.07. The number of carboxylic acids is 1. The van der Waals surface area contributed by atoms with E-state index in [9.17, 15) is 4.79 Å². The van der Waals surface area contributed by atoms with Gasteiger partial charge in [-0.2, -0.15) is 5.10 Å². The first-order chi connectivity index (χ1) is 14.4. The zero-order valence-electron chi connectivity index (χ0n) is 18.1.